The lowest BCUT2D eigenvalue weighted by atomic mass is 9.98. The molecule has 6 nitrogen and oxygen atoms in total. The first-order valence-corrected chi connectivity index (χ1v) is 12.0. The number of carboxylic acid groups (broad SMARTS) is 1. The first-order valence-electron chi connectivity index (χ1n) is 12.0. The lowest BCUT2D eigenvalue weighted by Gasteiger charge is -2.17. The van der Waals surface area contributed by atoms with Gasteiger partial charge in [0.05, 0.1) is 19.8 Å². The maximum atomic E-state index is 13.3. The Bertz CT molecular complexity index is 961. The molecule has 0 aliphatic heterocycles. The molecular weight excluding hydrogens is 432 g/mol. The fourth-order valence-electron chi connectivity index (χ4n) is 3.12. The predicted octanol–water partition coefficient (Wildman–Crippen LogP) is 6.04. The highest BCUT2D eigenvalue weighted by molar-refractivity contribution is 6.09. The van der Waals surface area contributed by atoms with E-state index in [-0.39, 0.29) is 18.6 Å². The van der Waals surface area contributed by atoms with E-state index in [2.05, 4.69) is 27.7 Å². The van der Waals surface area contributed by atoms with Crippen molar-refractivity contribution in [3.63, 3.8) is 0 Å². The average molecular weight is 471 g/mol. The molecule has 0 radical (unpaired) electrons. The summed E-state index contributed by atoms with van der Waals surface area (Å²) < 4.78 is 17.7. The highest BCUT2D eigenvalue weighted by Gasteiger charge is 2.17. The first-order chi connectivity index (χ1) is 16.1. The van der Waals surface area contributed by atoms with Crippen LogP contribution in [0.3, 0.4) is 0 Å². The molecule has 0 spiro atoms. The summed E-state index contributed by atoms with van der Waals surface area (Å²) in [6.07, 6.45) is 0.249. The molecule has 0 bridgehead atoms. The van der Waals surface area contributed by atoms with Gasteiger partial charge in [-0.1, -0.05) is 41.5 Å². The Labute approximate surface area is 203 Å². The maximum absolute atomic E-state index is 13.3. The molecule has 2 aromatic carbocycles. The number of rotatable bonds is 14. The molecule has 0 atom stereocenters. The van der Waals surface area contributed by atoms with Gasteiger partial charge in [0.2, 0.25) is 0 Å². The number of aliphatic carboxylic acids is 1. The Balaban J connectivity index is 2.35. The summed E-state index contributed by atoms with van der Waals surface area (Å²) in [5.41, 5.74) is 1.67. The zero-order valence-electron chi connectivity index (χ0n) is 21.2. The van der Waals surface area contributed by atoms with Gasteiger partial charge >= 0.3 is 5.97 Å². The van der Waals surface area contributed by atoms with Crippen molar-refractivity contribution in [1.29, 1.82) is 0 Å². The van der Waals surface area contributed by atoms with Crippen LogP contribution < -0.4 is 14.2 Å². The molecule has 1 N–H and O–H groups in total. The molecule has 0 unspecified atom stereocenters. The fraction of sp³-hybridized carbons (Fsp3) is 0.500. The third kappa shape index (κ3) is 8.73. The molecule has 0 fully saturated rings. The summed E-state index contributed by atoms with van der Waals surface area (Å²) in [6, 6.07) is 10.4. The van der Waals surface area contributed by atoms with Crippen LogP contribution in [0.4, 0.5) is 0 Å². The number of aryl methyl sites for hydroxylation is 1. The standard InChI is InChI=1S/C28H38O6/c1-18(2)15-32-24-10-7-22(13-21(24)9-12-27(29)30)28(31)23-8-11-25(33-16-19(3)4)26(14-23)34-17-20(5)6/h7-8,10-11,13-14,18-20H,9,12,15-17H2,1-6H3,(H,29,30). The molecular formula is C28H38O6. The van der Waals surface area contributed by atoms with Gasteiger partial charge in [0.15, 0.2) is 17.3 Å². The zero-order chi connectivity index (χ0) is 25.3. The van der Waals surface area contributed by atoms with Crippen LogP contribution in [0.15, 0.2) is 36.4 Å². The number of ketones is 1. The van der Waals surface area contributed by atoms with Crippen LogP contribution in [0.2, 0.25) is 0 Å². The van der Waals surface area contributed by atoms with Gasteiger partial charge < -0.3 is 19.3 Å². The van der Waals surface area contributed by atoms with Crippen LogP contribution in [-0.4, -0.2) is 36.7 Å². The van der Waals surface area contributed by atoms with E-state index in [1.807, 2.05) is 13.8 Å². The monoisotopic (exact) mass is 470 g/mol. The van der Waals surface area contributed by atoms with E-state index in [1.54, 1.807) is 36.4 Å². The zero-order valence-corrected chi connectivity index (χ0v) is 21.2. The third-order valence-corrected chi connectivity index (χ3v) is 4.85. The summed E-state index contributed by atoms with van der Waals surface area (Å²) in [5, 5.41) is 9.13. The summed E-state index contributed by atoms with van der Waals surface area (Å²) >= 11 is 0. The van der Waals surface area contributed by atoms with Crippen LogP contribution in [-0.2, 0) is 11.2 Å². The SMILES string of the molecule is CC(C)COc1ccc(C(=O)c2ccc(OCC(C)C)c(OCC(C)C)c2)cc1CCC(=O)O. The second kappa shape index (κ2) is 13.0. The van der Waals surface area contributed by atoms with E-state index in [0.29, 0.717) is 71.5 Å². The van der Waals surface area contributed by atoms with Crippen LogP contribution in [0, 0.1) is 17.8 Å². The molecule has 0 aliphatic rings. The largest absolute Gasteiger partial charge is 0.493 e. The van der Waals surface area contributed by atoms with Gasteiger partial charge in [0.1, 0.15) is 5.75 Å². The minimum atomic E-state index is -0.893. The van der Waals surface area contributed by atoms with Crippen molar-refractivity contribution < 1.29 is 28.9 Å². The predicted molar refractivity (Wildman–Crippen MR) is 133 cm³/mol. The second-order valence-corrected chi connectivity index (χ2v) is 9.82. The first kappa shape index (κ1) is 27.2. The van der Waals surface area contributed by atoms with Crippen LogP contribution in [0.25, 0.3) is 0 Å². The smallest absolute Gasteiger partial charge is 0.303 e. The van der Waals surface area contributed by atoms with Crippen LogP contribution >= 0.6 is 0 Å². The van der Waals surface area contributed by atoms with Crippen LogP contribution in [0.5, 0.6) is 17.2 Å². The molecule has 186 valence electrons. The molecule has 0 aliphatic carbocycles. The minimum Gasteiger partial charge on any atom is -0.493 e. The number of hydrogen-bond donors (Lipinski definition) is 1. The molecule has 0 heterocycles. The number of hydrogen-bond acceptors (Lipinski definition) is 5. The van der Waals surface area contributed by atoms with E-state index in [0.717, 1.165) is 0 Å². The number of carboxylic acids is 1. The van der Waals surface area contributed by atoms with Crippen molar-refractivity contribution in [2.75, 3.05) is 19.8 Å². The summed E-state index contributed by atoms with van der Waals surface area (Å²) in [6.45, 7) is 13.9. The van der Waals surface area contributed by atoms with E-state index in [1.165, 1.54) is 0 Å². The quantitative estimate of drug-likeness (QED) is 0.339. The number of ether oxygens (including phenoxy) is 3. The van der Waals surface area contributed by atoms with Crippen molar-refractivity contribution in [2.24, 2.45) is 17.8 Å². The van der Waals surface area contributed by atoms with E-state index in [9.17, 15) is 9.59 Å². The highest BCUT2D eigenvalue weighted by Crippen LogP contribution is 2.31. The Morgan fingerprint density at radius 2 is 1.18 bits per heavy atom. The molecule has 6 heteroatoms. The Kier molecular flexibility index (Phi) is 10.4. The topological polar surface area (TPSA) is 82.1 Å². The molecule has 0 amide bonds. The second-order valence-electron chi connectivity index (χ2n) is 9.82. The van der Waals surface area contributed by atoms with Crippen molar-refractivity contribution in [3.05, 3.63) is 53.1 Å². The molecule has 0 saturated carbocycles. The Morgan fingerprint density at radius 1 is 0.706 bits per heavy atom. The molecule has 0 saturated heterocycles. The van der Waals surface area contributed by atoms with Gasteiger partial charge in [-0.25, -0.2) is 0 Å². The van der Waals surface area contributed by atoms with Gasteiger partial charge in [-0.15, -0.1) is 0 Å². The highest BCUT2D eigenvalue weighted by atomic mass is 16.5. The lowest BCUT2D eigenvalue weighted by Crippen LogP contribution is -2.11. The normalized spacial score (nSPS) is 11.2. The Morgan fingerprint density at radius 3 is 1.71 bits per heavy atom. The minimum absolute atomic E-state index is 0.0369. The van der Waals surface area contributed by atoms with Crippen LogP contribution in [0.1, 0.15) is 69.4 Å². The summed E-state index contributed by atoms with van der Waals surface area (Å²) in [7, 11) is 0. The van der Waals surface area contributed by atoms with Crippen molar-refractivity contribution in [3.8, 4) is 17.2 Å². The number of benzene rings is 2. The van der Waals surface area contributed by atoms with E-state index in [4.69, 9.17) is 19.3 Å². The van der Waals surface area contributed by atoms with Gasteiger partial charge in [-0.05, 0) is 66.1 Å². The number of carbonyl (C=O) groups excluding carboxylic acids is 1. The molecule has 34 heavy (non-hydrogen) atoms. The van der Waals surface area contributed by atoms with Crippen molar-refractivity contribution >= 4 is 11.8 Å². The van der Waals surface area contributed by atoms with Gasteiger partial charge in [-0.2, -0.15) is 0 Å². The van der Waals surface area contributed by atoms with E-state index < -0.39 is 5.97 Å². The van der Waals surface area contributed by atoms with Crippen molar-refractivity contribution in [2.45, 2.75) is 54.4 Å². The van der Waals surface area contributed by atoms with Gasteiger partial charge in [0.25, 0.3) is 0 Å². The molecule has 2 rings (SSSR count). The third-order valence-electron chi connectivity index (χ3n) is 4.85. The summed E-state index contributed by atoms with van der Waals surface area (Å²) in [4.78, 5) is 24.5. The van der Waals surface area contributed by atoms with Gasteiger partial charge in [0, 0.05) is 17.5 Å². The lowest BCUT2D eigenvalue weighted by molar-refractivity contribution is -0.136. The average Bonchev–Trinajstić information content (AvgIpc) is 2.78. The fourth-order valence-corrected chi connectivity index (χ4v) is 3.12. The summed E-state index contributed by atoms with van der Waals surface area (Å²) in [5.74, 6) is 1.73. The van der Waals surface area contributed by atoms with Crippen molar-refractivity contribution in [1.82, 2.24) is 0 Å². The number of carbonyl (C=O) groups is 2. The molecule has 2 aromatic rings. The van der Waals surface area contributed by atoms with Gasteiger partial charge in [-0.3, -0.25) is 9.59 Å². The molecule has 0 aromatic heterocycles. The van der Waals surface area contributed by atoms with E-state index >= 15 is 0 Å². The maximum Gasteiger partial charge on any atom is 0.303 e. The Hall–Kier alpha value is -3.02.